The zero-order valence-corrected chi connectivity index (χ0v) is 9.89. The van der Waals surface area contributed by atoms with Crippen LogP contribution in [0.25, 0.3) is 0 Å². The van der Waals surface area contributed by atoms with Gasteiger partial charge in [0.15, 0.2) is 5.84 Å². The van der Waals surface area contributed by atoms with Gasteiger partial charge in [-0.25, -0.2) is 0 Å². The van der Waals surface area contributed by atoms with E-state index in [-0.39, 0.29) is 11.7 Å². The van der Waals surface area contributed by atoms with Gasteiger partial charge in [0.1, 0.15) is 0 Å². The fraction of sp³-hybridized carbons (Fsp3) is 0.800. The van der Waals surface area contributed by atoms with Crippen molar-refractivity contribution < 1.29 is 10.0 Å². The maximum atomic E-state index is 11.9. The van der Waals surface area contributed by atoms with Gasteiger partial charge in [-0.2, -0.15) is 0 Å². The maximum Gasteiger partial charge on any atom is 0.233 e. The molecule has 0 aliphatic carbocycles. The van der Waals surface area contributed by atoms with Crippen LogP contribution in [0.15, 0.2) is 5.16 Å². The molecule has 16 heavy (non-hydrogen) atoms. The highest BCUT2D eigenvalue weighted by atomic mass is 16.4. The molecule has 1 saturated heterocycles. The number of piperazine rings is 1. The summed E-state index contributed by atoms with van der Waals surface area (Å²) in [5.41, 5.74) is 5.42. The quantitative estimate of drug-likeness (QED) is 0.296. The van der Waals surface area contributed by atoms with E-state index in [0.717, 1.165) is 32.7 Å². The Morgan fingerprint density at radius 3 is 2.44 bits per heavy atom. The Labute approximate surface area is 95.7 Å². The van der Waals surface area contributed by atoms with E-state index in [1.165, 1.54) is 0 Å². The van der Waals surface area contributed by atoms with Gasteiger partial charge in [0.25, 0.3) is 0 Å². The lowest BCUT2D eigenvalue weighted by molar-refractivity contribution is -0.134. The smallest absolute Gasteiger partial charge is 0.233 e. The molecular formula is C10H20N4O2. The Morgan fingerprint density at radius 1 is 1.44 bits per heavy atom. The average Bonchev–Trinajstić information content (AvgIpc) is 2.36. The van der Waals surface area contributed by atoms with Crippen LogP contribution in [0.2, 0.25) is 0 Å². The third-order valence-electron chi connectivity index (χ3n) is 3.06. The van der Waals surface area contributed by atoms with E-state index < -0.39 is 5.92 Å². The van der Waals surface area contributed by atoms with Gasteiger partial charge >= 0.3 is 0 Å². The number of carbonyl (C=O) groups is 1. The first-order valence-corrected chi connectivity index (χ1v) is 5.58. The number of amidine groups is 1. The summed E-state index contributed by atoms with van der Waals surface area (Å²) in [5.74, 6) is -0.632. The summed E-state index contributed by atoms with van der Waals surface area (Å²) in [7, 11) is 0. The molecule has 6 heteroatoms. The molecule has 0 aromatic carbocycles. The van der Waals surface area contributed by atoms with Crippen LogP contribution < -0.4 is 5.73 Å². The molecule has 92 valence electrons. The minimum Gasteiger partial charge on any atom is -0.409 e. The van der Waals surface area contributed by atoms with Crippen molar-refractivity contribution in [2.45, 2.75) is 13.8 Å². The monoisotopic (exact) mass is 228 g/mol. The van der Waals surface area contributed by atoms with E-state index in [2.05, 4.69) is 17.0 Å². The van der Waals surface area contributed by atoms with Crippen LogP contribution in [0.3, 0.4) is 0 Å². The third kappa shape index (κ3) is 2.85. The lowest BCUT2D eigenvalue weighted by Gasteiger charge is -2.35. The number of nitrogens with two attached hydrogens (primary N) is 1. The predicted molar refractivity (Wildman–Crippen MR) is 61.3 cm³/mol. The normalized spacial score (nSPS) is 20.9. The topological polar surface area (TPSA) is 82.2 Å². The summed E-state index contributed by atoms with van der Waals surface area (Å²) in [4.78, 5) is 16.0. The van der Waals surface area contributed by atoms with Crippen molar-refractivity contribution in [3.8, 4) is 0 Å². The molecule has 6 nitrogen and oxygen atoms in total. The van der Waals surface area contributed by atoms with Crippen molar-refractivity contribution in [3.63, 3.8) is 0 Å². The fourth-order valence-electron chi connectivity index (χ4n) is 1.77. The third-order valence-corrected chi connectivity index (χ3v) is 3.06. The fourth-order valence-corrected chi connectivity index (χ4v) is 1.77. The van der Waals surface area contributed by atoms with Crippen LogP contribution >= 0.6 is 0 Å². The molecule has 0 saturated carbocycles. The van der Waals surface area contributed by atoms with Crippen LogP contribution in [0.1, 0.15) is 13.8 Å². The lowest BCUT2D eigenvalue weighted by atomic mass is 10.1. The minimum absolute atomic E-state index is 0.0251. The van der Waals surface area contributed by atoms with Gasteiger partial charge < -0.3 is 20.7 Å². The van der Waals surface area contributed by atoms with Crippen molar-refractivity contribution in [1.29, 1.82) is 0 Å². The van der Waals surface area contributed by atoms with Gasteiger partial charge in [-0.1, -0.05) is 12.1 Å². The van der Waals surface area contributed by atoms with Crippen LogP contribution in [-0.4, -0.2) is 59.5 Å². The Morgan fingerprint density at radius 2 is 2.00 bits per heavy atom. The van der Waals surface area contributed by atoms with Gasteiger partial charge in [-0.15, -0.1) is 0 Å². The number of carbonyl (C=O) groups excluding carboxylic acids is 1. The van der Waals surface area contributed by atoms with Crippen LogP contribution in [0, 0.1) is 5.92 Å². The highest BCUT2D eigenvalue weighted by Gasteiger charge is 2.26. The molecule has 0 bridgehead atoms. The number of oxime groups is 1. The van der Waals surface area contributed by atoms with Crippen molar-refractivity contribution in [3.05, 3.63) is 0 Å². The molecule has 0 aromatic heterocycles. The molecule has 1 atom stereocenters. The molecule has 1 amide bonds. The van der Waals surface area contributed by atoms with E-state index >= 15 is 0 Å². The van der Waals surface area contributed by atoms with Crippen molar-refractivity contribution >= 4 is 11.7 Å². The van der Waals surface area contributed by atoms with E-state index in [1.807, 2.05) is 0 Å². The highest BCUT2D eigenvalue weighted by Crippen LogP contribution is 2.07. The molecule has 0 radical (unpaired) electrons. The first kappa shape index (κ1) is 12.8. The Bertz CT molecular complexity index is 272. The van der Waals surface area contributed by atoms with Gasteiger partial charge in [-0.3, -0.25) is 4.79 Å². The molecule has 1 unspecified atom stereocenters. The predicted octanol–water partition coefficient (Wildman–Crippen LogP) is -0.467. The van der Waals surface area contributed by atoms with E-state index in [4.69, 9.17) is 10.9 Å². The average molecular weight is 228 g/mol. The largest absolute Gasteiger partial charge is 0.409 e. The molecule has 0 aromatic rings. The first-order valence-electron chi connectivity index (χ1n) is 5.58. The summed E-state index contributed by atoms with van der Waals surface area (Å²) in [6.45, 7) is 8.00. The van der Waals surface area contributed by atoms with Gasteiger partial charge in [0, 0.05) is 26.2 Å². The lowest BCUT2D eigenvalue weighted by Crippen LogP contribution is -2.51. The highest BCUT2D eigenvalue weighted by molar-refractivity contribution is 6.01. The minimum atomic E-state index is -0.543. The molecule has 1 aliphatic heterocycles. The molecular weight excluding hydrogens is 208 g/mol. The van der Waals surface area contributed by atoms with E-state index in [9.17, 15) is 4.79 Å². The van der Waals surface area contributed by atoms with Crippen molar-refractivity contribution in [2.24, 2.45) is 16.8 Å². The second-order valence-electron chi connectivity index (χ2n) is 4.01. The van der Waals surface area contributed by atoms with Crippen LogP contribution in [0.4, 0.5) is 0 Å². The second-order valence-corrected chi connectivity index (χ2v) is 4.01. The maximum absolute atomic E-state index is 11.9. The SMILES string of the molecule is CCN1CCN(C(=O)C(C)C(N)=NO)CC1. The molecule has 1 fully saturated rings. The standard InChI is InChI=1S/C10H20N4O2/c1-3-13-4-6-14(7-5-13)10(15)8(2)9(11)12-16/h8,16H,3-7H2,1-2H3,(H2,11,12). The van der Waals surface area contributed by atoms with Crippen LogP contribution in [0.5, 0.6) is 0 Å². The first-order chi connectivity index (χ1) is 7.60. The van der Waals surface area contributed by atoms with Gasteiger partial charge in [-0.05, 0) is 13.5 Å². The molecule has 0 spiro atoms. The van der Waals surface area contributed by atoms with Gasteiger partial charge in [0.2, 0.25) is 5.91 Å². The summed E-state index contributed by atoms with van der Waals surface area (Å²) >= 11 is 0. The summed E-state index contributed by atoms with van der Waals surface area (Å²) in [6, 6.07) is 0. The molecule has 1 heterocycles. The summed E-state index contributed by atoms with van der Waals surface area (Å²) < 4.78 is 0. The number of hydrogen-bond acceptors (Lipinski definition) is 4. The second kappa shape index (κ2) is 5.69. The Balaban J connectivity index is 2.50. The Kier molecular flexibility index (Phi) is 4.54. The van der Waals surface area contributed by atoms with Crippen molar-refractivity contribution in [2.75, 3.05) is 32.7 Å². The van der Waals surface area contributed by atoms with Crippen molar-refractivity contribution in [1.82, 2.24) is 9.80 Å². The number of nitrogens with zero attached hydrogens (tertiary/aromatic N) is 3. The number of amides is 1. The summed E-state index contributed by atoms with van der Waals surface area (Å²) in [5, 5.41) is 11.4. The molecule has 3 N–H and O–H groups in total. The number of hydrogen-bond donors (Lipinski definition) is 2. The molecule has 1 rings (SSSR count). The van der Waals surface area contributed by atoms with E-state index in [0.29, 0.717) is 0 Å². The summed E-state index contributed by atoms with van der Waals surface area (Å²) in [6.07, 6.45) is 0. The van der Waals surface area contributed by atoms with Gasteiger partial charge in [0.05, 0.1) is 5.92 Å². The zero-order valence-electron chi connectivity index (χ0n) is 9.89. The Hall–Kier alpha value is -1.30. The molecule has 1 aliphatic rings. The van der Waals surface area contributed by atoms with Crippen LogP contribution in [-0.2, 0) is 4.79 Å². The van der Waals surface area contributed by atoms with E-state index in [1.54, 1.807) is 11.8 Å². The number of likely N-dealkylation sites (N-methyl/N-ethyl adjacent to an activating group) is 1. The zero-order chi connectivity index (χ0) is 12.1. The number of rotatable bonds is 3.